The molecule has 3 N–H and O–H groups in total. The lowest BCUT2D eigenvalue weighted by atomic mass is 10.1. The number of benzene rings is 1. The van der Waals surface area contributed by atoms with Crippen molar-refractivity contribution < 1.29 is 0 Å². The molecule has 0 amide bonds. The number of rotatable bonds is 3. The van der Waals surface area contributed by atoms with Crippen molar-refractivity contribution in [2.45, 2.75) is 13.8 Å². The first-order valence-corrected chi connectivity index (χ1v) is 6.97. The van der Waals surface area contributed by atoms with Crippen LogP contribution >= 0.6 is 11.3 Å². The van der Waals surface area contributed by atoms with E-state index in [9.17, 15) is 0 Å². The molecule has 0 spiro atoms. The molecule has 1 aromatic carbocycles. The second kappa shape index (κ2) is 4.93. The van der Waals surface area contributed by atoms with Crippen LogP contribution in [0.1, 0.15) is 11.1 Å². The van der Waals surface area contributed by atoms with E-state index in [1.807, 2.05) is 31.4 Å². The summed E-state index contributed by atoms with van der Waals surface area (Å²) in [7, 11) is 0. The van der Waals surface area contributed by atoms with Gasteiger partial charge in [0.2, 0.25) is 17.0 Å². The second-order valence-corrected chi connectivity index (χ2v) is 5.39. The summed E-state index contributed by atoms with van der Waals surface area (Å²) in [6.45, 7) is 4.10. The summed E-state index contributed by atoms with van der Waals surface area (Å²) in [4.78, 5) is 8.37. The van der Waals surface area contributed by atoms with Crippen LogP contribution in [0.3, 0.4) is 0 Å². The van der Waals surface area contributed by atoms with E-state index in [-0.39, 0.29) is 0 Å². The first kappa shape index (κ1) is 12.6. The first-order valence-electron chi connectivity index (χ1n) is 6.09. The molecule has 3 aromatic rings. The lowest BCUT2D eigenvalue weighted by Crippen LogP contribution is -2.01. The van der Waals surface area contributed by atoms with Gasteiger partial charge in [0.1, 0.15) is 0 Å². The summed E-state index contributed by atoms with van der Waals surface area (Å²) in [5.74, 6) is 0.773. The predicted molar refractivity (Wildman–Crippen MR) is 80.6 cm³/mol. The molecule has 2 aromatic heterocycles. The highest BCUT2D eigenvalue weighted by molar-refractivity contribution is 7.12. The summed E-state index contributed by atoms with van der Waals surface area (Å²) in [5.41, 5.74) is 9.17. The van der Waals surface area contributed by atoms with Crippen molar-refractivity contribution >= 4 is 28.9 Å². The van der Waals surface area contributed by atoms with Crippen LogP contribution in [0.25, 0.3) is 5.13 Å². The Morgan fingerprint density at radius 2 is 1.95 bits per heavy atom. The Labute approximate surface area is 120 Å². The minimum absolute atomic E-state index is 0.312. The van der Waals surface area contributed by atoms with Crippen molar-refractivity contribution in [1.82, 2.24) is 19.7 Å². The summed E-state index contributed by atoms with van der Waals surface area (Å²) >= 11 is 1.46. The van der Waals surface area contributed by atoms with Gasteiger partial charge >= 0.3 is 0 Å². The smallest absolute Gasteiger partial charge is 0.248 e. The maximum atomic E-state index is 5.86. The third kappa shape index (κ3) is 2.48. The highest BCUT2D eigenvalue weighted by atomic mass is 32.1. The first-order chi connectivity index (χ1) is 9.61. The zero-order valence-electron chi connectivity index (χ0n) is 11.2. The Morgan fingerprint density at radius 1 is 1.20 bits per heavy atom. The third-order valence-electron chi connectivity index (χ3n) is 2.71. The van der Waals surface area contributed by atoms with Gasteiger partial charge in [-0.25, -0.2) is 4.98 Å². The molecule has 20 heavy (non-hydrogen) atoms. The zero-order chi connectivity index (χ0) is 14.1. The lowest BCUT2D eigenvalue weighted by molar-refractivity contribution is 0.882. The number of anilines is 3. The molecule has 0 radical (unpaired) electrons. The third-order valence-corrected chi connectivity index (χ3v) is 3.46. The van der Waals surface area contributed by atoms with E-state index in [0.717, 1.165) is 5.69 Å². The highest BCUT2D eigenvalue weighted by Crippen LogP contribution is 2.20. The Balaban J connectivity index is 1.90. The summed E-state index contributed by atoms with van der Waals surface area (Å²) in [6, 6.07) is 6.18. The van der Waals surface area contributed by atoms with E-state index >= 15 is 0 Å². The topological polar surface area (TPSA) is 81.6 Å². The van der Waals surface area contributed by atoms with Crippen molar-refractivity contribution in [3.05, 3.63) is 40.9 Å². The average molecular weight is 286 g/mol. The monoisotopic (exact) mass is 286 g/mol. The number of nitrogens with one attached hydrogen (secondary N) is 1. The van der Waals surface area contributed by atoms with Gasteiger partial charge in [-0.1, -0.05) is 6.07 Å². The standard InChI is InChI=1S/C13H14N6S/c1-8-5-9(2)7-10(6-8)16-12-17-11(14)19(18-12)13-15-3-4-20-13/h3-7H,1-2H3,(H3,14,16,17,18). The molecule has 0 atom stereocenters. The molecular formula is C13H14N6S. The average Bonchev–Trinajstić information content (AvgIpc) is 2.97. The van der Waals surface area contributed by atoms with Crippen molar-refractivity contribution in [2.24, 2.45) is 0 Å². The lowest BCUT2D eigenvalue weighted by Gasteiger charge is -2.04. The van der Waals surface area contributed by atoms with Gasteiger partial charge in [-0.05, 0) is 37.1 Å². The Kier molecular flexibility index (Phi) is 3.11. The Morgan fingerprint density at radius 3 is 2.60 bits per heavy atom. The van der Waals surface area contributed by atoms with Gasteiger partial charge in [0, 0.05) is 17.3 Å². The number of nitrogens with two attached hydrogens (primary N) is 1. The van der Waals surface area contributed by atoms with Crippen LogP contribution in [0, 0.1) is 13.8 Å². The number of hydrogen-bond donors (Lipinski definition) is 2. The van der Waals surface area contributed by atoms with Crippen molar-refractivity contribution in [1.29, 1.82) is 0 Å². The Hall–Kier alpha value is -2.41. The number of nitrogen functional groups attached to an aromatic ring is 1. The van der Waals surface area contributed by atoms with Crippen LogP contribution < -0.4 is 11.1 Å². The summed E-state index contributed by atoms with van der Waals surface area (Å²) in [6.07, 6.45) is 1.71. The number of nitrogens with zero attached hydrogens (tertiary/aromatic N) is 4. The molecule has 0 saturated carbocycles. The molecule has 0 bridgehead atoms. The van der Waals surface area contributed by atoms with E-state index in [2.05, 4.69) is 26.4 Å². The van der Waals surface area contributed by atoms with Gasteiger partial charge in [-0.3, -0.25) is 0 Å². The normalized spacial score (nSPS) is 10.7. The van der Waals surface area contributed by atoms with Gasteiger partial charge < -0.3 is 11.1 Å². The fourth-order valence-electron chi connectivity index (χ4n) is 2.01. The fraction of sp³-hybridized carbons (Fsp3) is 0.154. The Bertz CT molecular complexity index is 711. The van der Waals surface area contributed by atoms with E-state index < -0.39 is 0 Å². The van der Waals surface area contributed by atoms with Crippen LogP contribution in [0.4, 0.5) is 17.6 Å². The quantitative estimate of drug-likeness (QED) is 0.773. The van der Waals surface area contributed by atoms with Crippen molar-refractivity contribution in [2.75, 3.05) is 11.1 Å². The molecule has 0 saturated heterocycles. The van der Waals surface area contributed by atoms with E-state index in [4.69, 9.17) is 5.73 Å². The molecule has 0 aliphatic carbocycles. The predicted octanol–water partition coefficient (Wildman–Crippen LogP) is 2.67. The minimum Gasteiger partial charge on any atom is -0.368 e. The van der Waals surface area contributed by atoms with Crippen LogP contribution in [-0.4, -0.2) is 19.7 Å². The maximum Gasteiger partial charge on any atom is 0.248 e. The molecule has 3 rings (SSSR count). The zero-order valence-corrected chi connectivity index (χ0v) is 12.0. The minimum atomic E-state index is 0.312. The summed E-state index contributed by atoms with van der Waals surface area (Å²) < 4.78 is 1.52. The number of aromatic nitrogens is 4. The van der Waals surface area contributed by atoms with E-state index in [0.29, 0.717) is 17.0 Å². The number of aryl methyl sites for hydroxylation is 2. The van der Waals surface area contributed by atoms with Crippen LogP contribution in [-0.2, 0) is 0 Å². The molecule has 6 nitrogen and oxygen atoms in total. The van der Waals surface area contributed by atoms with Gasteiger partial charge in [0.25, 0.3) is 0 Å². The molecule has 7 heteroatoms. The number of hydrogen-bond acceptors (Lipinski definition) is 6. The second-order valence-electron chi connectivity index (χ2n) is 4.52. The highest BCUT2D eigenvalue weighted by Gasteiger charge is 2.10. The van der Waals surface area contributed by atoms with Crippen LogP contribution in [0.15, 0.2) is 29.8 Å². The van der Waals surface area contributed by atoms with Crippen molar-refractivity contribution in [3.8, 4) is 5.13 Å². The van der Waals surface area contributed by atoms with Gasteiger partial charge in [0.15, 0.2) is 0 Å². The van der Waals surface area contributed by atoms with E-state index in [1.54, 1.807) is 6.20 Å². The maximum absolute atomic E-state index is 5.86. The molecule has 2 heterocycles. The van der Waals surface area contributed by atoms with Gasteiger partial charge in [-0.15, -0.1) is 16.4 Å². The molecule has 0 aliphatic rings. The largest absolute Gasteiger partial charge is 0.368 e. The van der Waals surface area contributed by atoms with Gasteiger partial charge in [-0.2, -0.15) is 9.67 Å². The molecule has 102 valence electrons. The molecular weight excluding hydrogens is 272 g/mol. The number of thiazole rings is 1. The van der Waals surface area contributed by atoms with Crippen LogP contribution in [0.2, 0.25) is 0 Å². The fourth-order valence-corrected chi connectivity index (χ4v) is 2.61. The SMILES string of the molecule is Cc1cc(C)cc(Nc2nc(N)n(-c3nccs3)n2)c1. The molecule has 0 unspecified atom stereocenters. The molecule has 0 aliphatic heterocycles. The van der Waals surface area contributed by atoms with Crippen LogP contribution in [0.5, 0.6) is 0 Å². The van der Waals surface area contributed by atoms with Crippen molar-refractivity contribution in [3.63, 3.8) is 0 Å². The van der Waals surface area contributed by atoms with Gasteiger partial charge in [0.05, 0.1) is 0 Å². The molecule has 0 fully saturated rings. The van der Waals surface area contributed by atoms with E-state index in [1.165, 1.54) is 27.1 Å². The summed E-state index contributed by atoms with van der Waals surface area (Å²) in [5, 5.41) is 10.1.